The minimum Gasteiger partial charge on any atom is -0.496 e. The molecule has 0 aromatic heterocycles. The van der Waals surface area contributed by atoms with E-state index in [1.165, 1.54) is 19.2 Å². The monoisotopic (exact) mass is 301 g/mol. The van der Waals surface area contributed by atoms with Crippen LogP contribution in [-0.4, -0.2) is 36.4 Å². The van der Waals surface area contributed by atoms with Crippen LogP contribution in [0.15, 0.2) is 18.2 Å². The van der Waals surface area contributed by atoms with Gasteiger partial charge >= 0.3 is 0 Å². The van der Waals surface area contributed by atoms with Crippen LogP contribution in [-0.2, 0) is 0 Å². The number of carbonyl (C=O) groups is 1. The summed E-state index contributed by atoms with van der Waals surface area (Å²) in [5, 5.41) is 0. The Balaban J connectivity index is 3.18. The van der Waals surface area contributed by atoms with Crippen LogP contribution in [0.5, 0.6) is 5.75 Å². The van der Waals surface area contributed by atoms with E-state index in [-0.39, 0.29) is 23.3 Å². The molecule has 1 rings (SSSR count). The molecule has 3 nitrogen and oxygen atoms in total. The summed E-state index contributed by atoms with van der Waals surface area (Å²) in [7, 11) is 1.43. The summed E-state index contributed by atoms with van der Waals surface area (Å²) in [6.07, 6.45) is 1.60. The van der Waals surface area contributed by atoms with E-state index in [0.29, 0.717) is 12.4 Å². The Hall–Kier alpha value is -1.29. The molecule has 5 heteroatoms. The second kappa shape index (κ2) is 8.10. The fraction of sp³-hybridized carbons (Fsp3) is 0.533. The van der Waals surface area contributed by atoms with Gasteiger partial charge in [0.05, 0.1) is 7.11 Å². The molecule has 1 aromatic carbocycles. The average Bonchev–Trinajstić information content (AvgIpc) is 2.46. The summed E-state index contributed by atoms with van der Waals surface area (Å²) in [4.78, 5) is 14.3. The van der Waals surface area contributed by atoms with Gasteiger partial charge in [-0.15, -0.1) is 11.6 Å². The van der Waals surface area contributed by atoms with Crippen LogP contribution >= 0.6 is 11.6 Å². The SMILES string of the molecule is CCC(CC)N(CCCl)C(=O)c1c(F)cccc1OC. The third kappa shape index (κ3) is 3.63. The summed E-state index contributed by atoms with van der Waals surface area (Å²) >= 11 is 5.78. The van der Waals surface area contributed by atoms with Crippen molar-refractivity contribution < 1.29 is 13.9 Å². The predicted octanol–water partition coefficient (Wildman–Crippen LogP) is 3.70. The van der Waals surface area contributed by atoms with E-state index in [9.17, 15) is 9.18 Å². The lowest BCUT2D eigenvalue weighted by atomic mass is 10.1. The summed E-state index contributed by atoms with van der Waals surface area (Å²) in [6.45, 7) is 4.40. The van der Waals surface area contributed by atoms with Crippen LogP contribution in [0.25, 0.3) is 0 Å². The largest absolute Gasteiger partial charge is 0.496 e. The highest BCUT2D eigenvalue weighted by Gasteiger charge is 2.26. The van der Waals surface area contributed by atoms with Gasteiger partial charge in [0.15, 0.2) is 0 Å². The van der Waals surface area contributed by atoms with Crippen molar-refractivity contribution >= 4 is 17.5 Å². The van der Waals surface area contributed by atoms with E-state index in [2.05, 4.69) is 0 Å². The first-order valence-corrected chi connectivity index (χ1v) is 7.33. The van der Waals surface area contributed by atoms with Gasteiger partial charge in [0.25, 0.3) is 5.91 Å². The minimum atomic E-state index is -0.570. The number of ether oxygens (including phenoxy) is 1. The number of amides is 1. The standard InChI is InChI=1S/C15H21ClFNO2/c1-4-11(5-2)18(10-9-16)15(19)14-12(17)7-6-8-13(14)20-3/h6-8,11H,4-5,9-10H2,1-3H3. The van der Waals surface area contributed by atoms with E-state index < -0.39 is 5.82 Å². The first-order valence-electron chi connectivity index (χ1n) is 6.80. The van der Waals surface area contributed by atoms with Gasteiger partial charge in [-0.2, -0.15) is 0 Å². The zero-order valence-corrected chi connectivity index (χ0v) is 12.9. The van der Waals surface area contributed by atoms with Crippen molar-refractivity contribution in [2.45, 2.75) is 32.7 Å². The molecule has 20 heavy (non-hydrogen) atoms. The summed E-state index contributed by atoms with van der Waals surface area (Å²) in [5.74, 6) is -0.367. The number of halogens is 2. The molecule has 0 aliphatic heterocycles. The molecule has 0 saturated heterocycles. The van der Waals surface area contributed by atoms with Crippen molar-refractivity contribution in [1.29, 1.82) is 0 Å². The lowest BCUT2D eigenvalue weighted by molar-refractivity contribution is 0.0673. The number of methoxy groups -OCH3 is 1. The average molecular weight is 302 g/mol. The van der Waals surface area contributed by atoms with E-state index in [1.807, 2.05) is 13.8 Å². The zero-order valence-electron chi connectivity index (χ0n) is 12.2. The smallest absolute Gasteiger partial charge is 0.260 e. The molecule has 0 aliphatic rings. The van der Waals surface area contributed by atoms with Gasteiger partial charge in [0.2, 0.25) is 0 Å². The first-order chi connectivity index (χ1) is 9.60. The second-order valence-electron chi connectivity index (χ2n) is 4.47. The fourth-order valence-corrected chi connectivity index (χ4v) is 2.48. The maximum Gasteiger partial charge on any atom is 0.260 e. The Bertz CT molecular complexity index is 449. The number of alkyl halides is 1. The minimum absolute atomic E-state index is 0.0213. The molecule has 1 aromatic rings. The van der Waals surface area contributed by atoms with E-state index in [1.54, 1.807) is 11.0 Å². The molecule has 0 radical (unpaired) electrons. The quantitative estimate of drug-likeness (QED) is 0.719. The summed E-state index contributed by atoms with van der Waals surface area (Å²) in [6, 6.07) is 4.42. The van der Waals surface area contributed by atoms with Crippen LogP contribution in [0.2, 0.25) is 0 Å². The van der Waals surface area contributed by atoms with Gasteiger partial charge in [-0.25, -0.2) is 4.39 Å². The van der Waals surface area contributed by atoms with Crippen molar-refractivity contribution in [3.63, 3.8) is 0 Å². The number of nitrogens with zero attached hydrogens (tertiary/aromatic N) is 1. The molecule has 0 fully saturated rings. The molecular weight excluding hydrogens is 281 g/mol. The van der Waals surface area contributed by atoms with Crippen LogP contribution < -0.4 is 4.74 Å². The van der Waals surface area contributed by atoms with Crippen molar-refractivity contribution in [2.75, 3.05) is 19.5 Å². The van der Waals surface area contributed by atoms with E-state index >= 15 is 0 Å². The second-order valence-corrected chi connectivity index (χ2v) is 4.85. The maximum atomic E-state index is 14.0. The number of hydrogen-bond acceptors (Lipinski definition) is 2. The van der Waals surface area contributed by atoms with Crippen molar-refractivity contribution in [2.24, 2.45) is 0 Å². The van der Waals surface area contributed by atoms with Gasteiger partial charge in [0.1, 0.15) is 17.1 Å². The predicted molar refractivity (Wildman–Crippen MR) is 79.1 cm³/mol. The maximum absolute atomic E-state index is 14.0. The topological polar surface area (TPSA) is 29.5 Å². The van der Waals surface area contributed by atoms with Gasteiger partial charge in [-0.3, -0.25) is 4.79 Å². The lowest BCUT2D eigenvalue weighted by Crippen LogP contribution is -2.41. The highest BCUT2D eigenvalue weighted by molar-refractivity contribution is 6.18. The molecule has 0 unspecified atom stereocenters. The summed E-state index contributed by atoms with van der Waals surface area (Å²) in [5.41, 5.74) is -0.0213. The molecule has 1 amide bonds. The Kier molecular flexibility index (Phi) is 6.79. The Morgan fingerprint density at radius 3 is 2.55 bits per heavy atom. The van der Waals surface area contributed by atoms with Crippen LogP contribution in [0, 0.1) is 5.82 Å². The van der Waals surface area contributed by atoms with Crippen molar-refractivity contribution in [1.82, 2.24) is 4.90 Å². The third-order valence-corrected chi connectivity index (χ3v) is 3.55. The van der Waals surface area contributed by atoms with Crippen LogP contribution in [0.4, 0.5) is 4.39 Å². The first kappa shape index (κ1) is 16.8. The van der Waals surface area contributed by atoms with Gasteiger partial charge in [-0.1, -0.05) is 19.9 Å². The Morgan fingerprint density at radius 2 is 2.05 bits per heavy atom. The Labute approximate surface area is 124 Å². The molecule has 0 atom stereocenters. The molecule has 0 saturated carbocycles. The van der Waals surface area contributed by atoms with Crippen molar-refractivity contribution in [3.05, 3.63) is 29.6 Å². The van der Waals surface area contributed by atoms with Gasteiger partial charge in [-0.05, 0) is 25.0 Å². The number of hydrogen-bond donors (Lipinski definition) is 0. The van der Waals surface area contributed by atoms with E-state index in [4.69, 9.17) is 16.3 Å². The molecule has 0 aliphatic carbocycles. The van der Waals surface area contributed by atoms with Gasteiger partial charge in [0, 0.05) is 18.5 Å². The fourth-order valence-electron chi connectivity index (χ4n) is 2.30. The number of rotatable bonds is 7. The molecule has 0 heterocycles. The van der Waals surface area contributed by atoms with E-state index in [0.717, 1.165) is 12.8 Å². The zero-order chi connectivity index (χ0) is 15.1. The number of benzene rings is 1. The molecule has 0 N–H and O–H groups in total. The molecule has 112 valence electrons. The Morgan fingerprint density at radius 1 is 1.40 bits per heavy atom. The molecule has 0 spiro atoms. The van der Waals surface area contributed by atoms with Crippen molar-refractivity contribution in [3.8, 4) is 5.75 Å². The normalized spacial score (nSPS) is 10.7. The van der Waals surface area contributed by atoms with Crippen LogP contribution in [0.1, 0.15) is 37.0 Å². The summed E-state index contributed by atoms with van der Waals surface area (Å²) < 4.78 is 19.1. The molecule has 0 bridgehead atoms. The van der Waals surface area contributed by atoms with Crippen LogP contribution in [0.3, 0.4) is 0 Å². The van der Waals surface area contributed by atoms with Gasteiger partial charge < -0.3 is 9.64 Å². The number of carbonyl (C=O) groups excluding carboxylic acids is 1. The highest BCUT2D eigenvalue weighted by atomic mass is 35.5. The third-order valence-electron chi connectivity index (χ3n) is 3.38. The lowest BCUT2D eigenvalue weighted by Gasteiger charge is -2.30. The molecular formula is C15H21ClFNO2. The highest BCUT2D eigenvalue weighted by Crippen LogP contribution is 2.24.